The monoisotopic (exact) mass is 271 g/mol. The van der Waals surface area contributed by atoms with Crippen LogP contribution in [0.5, 0.6) is 0 Å². The van der Waals surface area contributed by atoms with Crippen LogP contribution in [0.2, 0.25) is 0 Å². The number of hydrogen-bond donors (Lipinski definition) is 2. The number of benzene rings is 1. The van der Waals surface area contributed by atoms with Gasteiger partial charge >= 0.3 is 0 Å². The lowest BCUT2D eigenvalue weighted by Crippen LogP contribution is -2.32. The van der Waals surface area contributed by atoms with Gasteiger partial charge < -0.3 is 10.3 Å². The maximum atomic E-state index is 11.4. The molecule has 0 radical (unpaired) electrons. The van der Waals surface area contributed by atoms with Gasteiger partial charge in [0.1, 0.15) is 11.6 Å². The van der Waals surface area contributed by atoms with Crippen molar-refractivity contribution in [3.05, 3.63) is 58.1 Å². The van der Waals surface area contributed by atoms with Crippen LogP contribution in [-0.2, 0) is 6.42 Å². The number of aromatic amines is 1. The fourth-order valence-electron chi connectivity index (χ4n) is 2.15. The molecule has 1 aromatic carbocycles. The third-order valence-corrected chi connectivity index (χ3v) is 3.21. The largest absolute Gasteiger partial charge is 0.365 e. The van der Waals surface area contributed by atoms with Crippen molar-refractivity contribution in [1.29, 1.82) is 0 Å². The van der Waals surface area contributed by atoms with E-state index in [-0.39, 0.29) is 11.1 Å². The van der Waals surface area contributed by atoms with Gasteiger partial charge in [-0.05, 0) is 39.2 Å². The van der Waals surface area contributed by atoms with Gasteiger partial charge in [0.25, 0.3) is 5.56 Å². The Balaban J connectivity index is 2.01. The third-order valence-electron chi connectivity index (χ3n) is 3.21. The van der Waals surface area contributed by atoms with Crippen molar-refractivity contribution in [1.82, 2.24) is 9.97 Å². The van der Waals surface area contributed by atoms with E-state index in [0.717, 1.165) is 12.8 Å². The Morgan fingerprint density at radius 3 is 2.60 bits per heavy atom. The van der Waals surface area contributed by atoms with Crippen LogP contribution in [0, 0.1) is 6.92 Å². The molecule has 0 saturated heterocycles. The second kappa shape index (κ2) is 5.90. The van der Waals surface area contributed by atoms with Gasteiger partial charge in [-0.25, -0.2) is 4.98 Å². The van der Waals surface area contributed by atoms with E-state index in [0.29, 0.717) is 11.6 Å². The first-order valence-electron chi connectivity index (χ1n) is 6.85. The van der Waals surface area contributed by atoms with Crippen LogP contribution in [0.15, 0.2) is 41.2 Å². The molecule has 0 amide bonds. The summed E-state index contributed by atoms with van der Waals surface area (Å²) in [5.74, 6) is 1.25. The zero-order valence-corrected chi connectivity index (χ0v) is 12.2. The summed E-state index contributed by atoms with van der Waals surface area (Å²) in [5.41, 5.74) is 1.07. The second-order valence-corrected chi connectivity index (χ2v) is 5.71. The predicted molar refractivity (Wildman–Crippen MR) is 82.1 cm³/mol. The van der Waals surface area contributed by atoms with Crippen molar-refractivity contribution >= 4 is 5.82 Å². The molecule has 0 spiro atoms. The number of anilines is 1. The number of nitrogens with one attached hydrogen (secondary N) is 2. The minimum atomic E-state index is -0.126. The average molecular weight is 271 g/mol. The van der Waals surface area contributed by atoms with E-state index in [9.17, 15) is 4.79 Å². The number of rotatable bonds is 5. The minimum absolute atomic E-state index is 0.122. The summed E-state index contributed by atoms with van der Waals surface area (Å²) in [4.78, 5) is 18.4. The van der Waals surface area contributed by atoms with Crippen LogP contribution in [0.3, 0.4) is 0 Å². The van der Waals surface area contributed by atoms with Crippen molar-refractivity contribution < 1.29 is 0 Å². The predicted octanol–water partition coefficient (Wildman–Crippen LogP) is 2.90. The first-order chi connectivity index (χ1) is 9.44. The molecule has 4 nitrogen and oxygen atoms in total. The van der Waals surface area contributed by atoms with Crippen LogP contribution in [0.4, 0.5) is 5.82 Å². The summed E-state index contributed by atoms with van der Waals surface area (Å²) >= 11 is 0. The molecule has 0 aliphatic carbocycles. The van der Waals surface area contributed by atoms with Gasteiger partial charge in [-0.15, -0.1) is 0 Å². The first-order valence-corrected chi connectivity index (χ1v) is 6.85. The van der Waals surface area contributed by atoms with E-state index >= 15 is 0 Å². The number of aryl methyl sites for hydroxylation is 2. The maximum absolute atomic E-state index is 11.4. The van der Waals surface area contributed by atoms with Crippen LogP contribution >= 0.6 is 0 Å². The summed E-state index contributed by atoms with van der Waals surface area (Å²) in [6.45, 7) is 6.02. The van der Waals surface area contributed by atoms with Gasteiger partial charge in [-0.2, -0.15) is 0 Å². The molecule has 4 heteroatoms. The highest BCUT2D eigenvalue weighted by molar-refractivity contribution is 5.36. The molecule has 0 aliphatic heterocycles. The Morgan fingerprint density at radius 1 is 1.25 bits per heavy atom. The molecule has 1 aromatic heterocycles. The molecule has 0 saturated carbocycles. The Labute approximate surface area is 119 Å². The molecular weight excluding hydrogens is 250 g/mol. The van der Waals surface area contributed by atoms with Crippen LogP contribution in [-0.4, -0.2) is 15.5 Å². The van der Waals surface area contributed by atoms with E-state index in [1.165, 1.54) is 11.6 Å². The Morgan fingerprint density at radius 2 is 1.95 bits per heavy atom. The summed E-state index contributed by atoms with van der Waals surface area (Å²) in [7, 11) is 0. The number of nitrogens with zero attached hydrogens (tertiary/aromatic N) is 1. The smallest absolute Gasteiger partial charge is 0.252 e. The number of hydrogen-bond acceptors (Lipinski definition) is 3. The standard InChI is InChI=1S/C16H21N3O/c1-12-17-14(11-15(20)18-12)19-16(2,3)10-9-13-7-5-4-6-8-13/h4-8,11H,9-10H2,1-3H3,(H2,17,18,19,20). The fourth-order valence-corrected chi connectivity index (χ4v) is 2.15. The zero-order chi connectivity index (χ0) is 14.6. The molecule has 2 N–H and O–H groups in total. The van der Waals surface area contributed by atoms with Crippen molar-refractivity contribution in [3.63, 3.8) is 0 Å². The van der Waals surface area contributed by atoms with E-state index < -0.39 is 0 Å². The van der Waals surface area contributed by atoms with Crippen LogP contribution in [0.1, 0.15) is 31.7 Å². The maximum Gasteiger partial charge on any atom is 0.252 e. The van der Waals surface area contributed by atoms with Crippen LogP contribution in [0.25, 0.3) is 0 Å². The highest BCUT2D eigenvalue weighted by atomic mass is 16.1. The highest BCUT2D eigenvalue weighted by Crippen LogP contribution is 2.18. The molecule has 20 heavy (non-hydrogen) atoms. The summed E-state index contributed by atoms with van der Waals surface area (Å²) in [6, 6.07) is 11.9. The minimum Gasteiger partial charge on any atom is -0.365 e. The number of H-pyrrole nitrogens is 1. The molecule has 106 valence electrons. The zero-order valence-electron chi connectivity index (χ0n) is 12.2. The Hall–Kier alpha value is -2.10. The van der Waals surface area contributed by atoms with Gasteiger partial charge in [-0.1, -0.05) is 30.3 Å². The molecular formula is C16H21N3O. The summed E-state index contributed by atoms with van der Waals surface area (Å²) < 4.78 is 0. The highest BCUT2D eigenvalue weighted by Gasteiger charge is 2.18. The van der Waals surface area contributed by atoms with E-state index in [1.807, 2.05) is 6.07 Å². The van der Waals surface area contributed by atoms with Gasteiger partial charge in [-0.3, -0.25) is 4.79 Å². The van der Waals surface area contributed by atoms with Crippen molar-refractivity contribution in [3.8, 4) is 0 Å². The molecule has 2 aromatic rings. The van der Waals surface area contributed by atoms with E-state index in [1.54, 1.807) is 6.92 Å². The Bertz CT molecular complexity index is 617. The van der Waals surface area contributed by atoms with E-state index in [4.69, 9.17) is 0 Å². The molecule has 2 rings (SSSR count). The van der Waals surface area contributed by atoms with Gasteiger partial charge in [0.15, 0.2) is 0 Å². The lowest BCUT2D eigenvalue weighted by molar-refractivity contribution is 0.516. The lowest BCUT2D eigenvalue weighted by Gasteiger charge is -2.27. The molecule has 1 heterocycles. The quantitative estimate of drug-likeness (QED) is 0.879. The molecule has 0 aliphatic rings. The van der Waals surface area contributed by atoms with E-state index in [2.05, 4.69) is 53.4 Å². The molecule has 0 atom stereocenters. The van der Waals surface area contributed by atoms with Gasteiger partial charge in [0.05, 0.1) is 0 Å². The van der Waals surface area contributed by atoms with Gasteiger partial charge in [0.2, 0.25) is 0 Å². The topological polar surface area (TPSA) is 57.8 Å². The van der Waals surface area contributed by atoms with Crippen molar-refractivity contribution in [2.45, 2.75) is 39.2 Å². The molecule has 0 bridgehead atoms. The first kappa shape index (κ1) is 14.3. The van der Waals surface area contributed by atoms with Gasteiger partial charge in [0, 0.05) is 11.6 Å². The third kappa shape index (κ3) is 4.23. The average Bonchev–Trinajstić information content (AvgIpc) is 2.36. The normalized spacial score (nSPS) is 11.3. The molecule has 0 unspecified atom stereocenters. The second-order valence-electron chi connectivity index (χ2n) is 5.71. The lowest BCUT2D eigenvalue weighted by atomic mass is 9.95. The molecule has 0 fully saturated rings. The summed E-state index contributed by atoms with van der Waals surface area (Å²) in [5, 5.41) is 3.34. The van der Waals surface area contributed by atoms with Crippen molar-refractivity contribution in [2.75, 3.05) is 5.32 Å². The summed E-state index contributed by atoms with van der Waals surface area (Å²) in [6.07, 6.45) is 1.95. The SMILES string of the molecule is Cc1nc(NC(C)(C)CCc2ccccc2)cc(=O)[nH]1. The Kier molecular flexibility index (Phi) is 4.23. The fraction of sp³-hybridized carbons (Fsp3) is 0.375. The van der Waals surface area contributed by atoms with Crippen molar-refractivity contribution in [2.24, 2.45) is 0 Å². The number of aromatic nitrogens is 2. The van der Waals surface area contributed by atoms with Crippen LogP contribution < -0.4 is 10.9 Å².